The summed E-state index contributed by atoms with van der Waals surface area (Å²) in [5, 5.41) is 3.55. The molecule has 0 aromatic carbocycles. The maximum atomic E-state index is 8.07. The fourth-order valence-electron chi connectivity index (χ4n) is 1.02. The molecule has 0 aliphatic rings. The average Bonchev–Trinajstić information content (AvgIpc) is 2.30. The Morgan fingerprint density at radius 3 is 3.19 bits per heavy atom. The highest BCUT2D eigenvalue weighted by Gasteiger charge is 2.02. The van der Waals surface area contributed by atoms with E-state index >= 15 is 0 Å². The SMILES string of the molecule is COc1nc(Cl)ncc1C=CCCN=[N+]=[N-]. The zero-order valence-electron chi connectivity index (χ0n) is 8.67. The Balaban J connectivity index is 2.68. The number of nitrogens with zero attached hydrogens (tertiary/aromatic N) is 5. The van der Waals surface area contributed by atoms with Gasteiger partial charge in [-0.2, -0.15) is 4.98 Å². The summed E-state index contributed by atoms with van der Waals surface area (Å²) < 4.78 is 5.04. The van der Waals surface area contributed by atoms with Crippen LogP contribution in [-0.2, 0) is 0 Å². The fourth-order valence-corrected chi connectivity index (χ4v) is 1.15. The highest BCUT2D eigenvalue weighted by atomic mass is 35.5. The molecule has 0 amide bonds. The van der Waals surface area contributed by atoms with Crippen LogP contribution in [0.25, 0.3) is 16.5 Å². The van der Waals surface area contributed by atoms with E-state index in [1.807, 2.05) is 6.08 Å². The van der Waals surface area contributed by atoms with Crippen molar-refractivity contribution in [3.63, 3.8) is 0 Å². The van der Waals surface area contributed by atoms with E-state index in [1.165, 1.54) is 7.11 Å². The molecular weight excluding hydrogens is 230 g/mol. The minimum atomic E-state index is 0.142. The van der Waals surface area contributed by atoms with Crippen molar-refractivity contribution in [2.24, 2.45) is 5.11 Å². The van der Waals surface area contributed by atoms with Crippen LogP contribution in [0.5, 0.6) is 5.88 Å². The molecule has 0 fully saturated rings. The van der Waals surface area contributed by atoms with Gasteiger partial charge in [-0.1, -0.05) is 17.3 Å². The van der Waals surface area contributed by atoms with Gasteiger partial charge in [-0.3, -0.25) is 0 Å². The number of ether oxygens (including phenoxy) is 1. The molecule has 0 saturated heterocycles. The molecule has 7 heteroatoms. The molecule has 0 radical (unpaired) electrons. The predicted octanol–water partition coefficient (Wildman–Crippen LogP) is 2.85. The number of halogens is 1. The first kappa shape index (κ1) is 12.3. The van der Waals surface area contributed by atoms with Crippen molar-refractivity contribution >= 4 is 17.7 Å². The molecule has 0 aliphatic carbocycles. The maximum Gasteiger partial charge on any atom is 0.225 e. The number of methoxy groups -OCH3 is 1. The van der Waals surface area contributed by atoms with Gasteiger partial charge in [-0.15, -0.1) is 0 Å². The van der Waals surface area contributed by atoms with Crippen molar-refractivity contribution in [2.75, 3.05) is 13.7 Å². The molecule has 16 heavy (non-hydrogen) atoms. The quantitative estimate of drug-likeness (QED) is 0.260. The third-order valence-electron chi connectivity index (χ3n) is 1.70. The second-order valence-corrected chi connectivity index (χ2v) is 3.09. The standard InChI is InChI=1S/C9H10ClN5O/c1-16-8-7(6-12-9(10)14-8)4-2-3-5-13-15-11/h2,4,6H,3,5H2,1H3. The monoisotopic (exact) mass is 239 g/mol. The average molecular weight is 240 g/mol. The minimum Gasteiger partial charge on any atom is -0.480 e. The smallest absolute Gasteiger partial charge is 0.225 e. The van der Waals surface area contributed by atoms with E-state index < -0.39 is 0 Å². The summed E-state index contributed by atoms with van der Waals surface area (Å²) in [5.74, 6) is 0.417. The van der Waals surface area contributed by atoms with Crippen molar-refractivity contribution < 1.29 is 4.74 Å². The van der Waals surface area contributed by atoms with Crippen molar-refractivity contribution in [1.82, 2.24) is 9.97 Å². The van der Waals surface area contributed by atoms with Crippen LogP contribution in [0.1, 0.15) is 12.0 Å². The maximum absolute atomic E-state index is 8.07. The molecule has 84 valence electrons. The fraction of sp³-hybridized carbons (Fsp3) is 0.333. The third kappa shape index (κ3) is 3.76. The summed E-state index contributed by atoms with van der Waals surface area (Å²) >= 11 is 5.62. The van der Waals surface area contributed by atoms with Crippen LogP contribution in [0.2, 0.25) is 5.28 Å². The second kappa shape index (κ2) is 6.66. The lowest BCUT2D eigenvalue weighted by Crippen LogP contribution is -1.93. The van der Waals surface area contributed by atoms with E-state index in [9.17, 15) is 0 Å². The zero-order chi connectivity index (χ0) is 11.8. The van der Waals surface area contributed by atoms with E-state index in [0.717, 1.165) is 5.56 Å². The normalized spacial score (nSPS) is 10.1. The van der Waals surface area contributed by atoms with Crippen LogP contribution in [0.4, 0.5) is 0 Å². The third-order valence-corrected chi connectivity index (χ3v) is 1.88. The number of azide groups is 1. The van der Waals surface area contributed by atoms with Crippen LogP contribution in [-0.4, -0.2) is 23.6 Å². The summed E-state index contributed by atoms with van der Waals surface area (Å²) in [4.78, 5) is 10.4. The molecule has 0 atom stereocenters. The Bertz CT molecular complexity index is 428. The lowest BCUT2D eigenvalue weighted by Gasteiger charge is -2.02. The van der Waals surface area contributed by atoms with Gasteiger partial charge in [0.25, 0.3) is 0 Å². The number of hydrogen-bond acceptors (Lipinski definition) is 4. The van der Waals surface area contributed by atoms with Gasteiger partial charge in [0.1, 0.15) is 0 Å². The molecule has 0 bridgehead atoms. The summed E-state index contributed by atoms with van der Waals surface area (Å²) in [5.41, 5.74) is 8.80. The topological polar surface area (TPSA) is 83.8 Å². The van der Waals surface area contributed by atoms with Crippen LogP contribution in [0.15, 0.2) is 17.4 Å². The molecule has 0 saturated carbocycles. The van der Waals surface area contributed by atoms with Gasteiger partial charge in [-0.25, -0.2) is 4.98 Å². The summed E-state index contributed by atoms with van der Waals surface area (Å²) in [6.45, 7) is 0.420. The largest absolute Gasteiger partial charge is 0.480 e. The van der Waals surface area contributed by atoms with Gasteiger partial charge in [0.2, 0.25) is 11.2 Å². The Hall–Kier alpha value is -1.78. The lowest BCUT2D eigenvalue weighted by molar-refractivity contribution is 0.396. The van der Waals surface area contributed by atoms with E-state index in [4.69, 9.17) is 21.9 Å². The number of hydrogen-bond donors (Lipinski definition) is 0. The summed E-state index contributed by atoms with van der Waals surface area (Å²) in [6, 6.07) is 0. The first-order valence-electron chi connectivity index (χ1n) is 4.52. The van der Waals surface area contributed by atoms with E-state index in [-0.39, 0.29) is 5.28 Å². The molecule has 0 spiro atoms. The lowest BCUT2D eigenvalue weighted by atomic mass is 10.2. The van der Waals surface area contributed by atoms with Gasteiger partial charge in [0.15, 0.2) is 0 Å². The van der Waals surface area contributed by atoms with Gasteiger partial charge in [0.05, 0.1) is 12.7 Å². The van der Waals surface area contributed by atoms with Gasteiger partial charge in [-0.05, 0) is 23.6 Å². The minimum absolute atomic E-state index is 0.142. The van der Waals surface area contributed by atoms with Crippen LogP contribution >= 0.6 is 11.6 Å². The molecule has 1 aromatic heterocycles. The van der Waals surface area contributed by atoms with Crippen LogP contribution in [0, 0.1) is 0 Å². The van der Waals surface area contributed by atoms with Crippen molar-refractivity contribution in [3.05, 3.63) is 33.6 Å². The van der Waals surface area contributed by atoms with E-state index in [2.05, 4.69) is 20.0 Å². The molecule has 1 aromatic rings. The first-order chi connectivity index (χ1) is 7.77. The number of rotatable bonds is 5. The zero-order valence-corrected chi connectivity index (χ0v) is 9.42. The van der Waals surface area contributed by atoms with Crippen LogP contribution in [0.3, 0.4) is 0 Å². The first-order valence-corrected chi connectivity index (χ1v) is 4.89. The molecular formula is C9H10ClN5O. The summed E-state index contributed by atoms with van der Waals surface area (Å²) in [7, 11) is 1.51. The Kier molecular flexibility index (Phi) is 5.11. The van der Waals surface area contributed by atoms with Crippen molar-refractivity contribution in [1.29, 1.82) is 0 Å². The van der Waals surface area contributed by atoms with Crippen molar-refractivity contribution in [3.8, 4) is 5.88 Å². The van der Waals surface area contributed by atoms with E-state index in [0.29, 0.717) is 18.8 Å². The molecule has 6 nitrogen and oxygen atoms in total. The van der Waals surface area contributed by atoms with E-state index in [1.54, 1.807) is 12.3 Å². The molecule has 0 unspecified atom stereocenters. The molecule has 0 aliphatic heterocycles. The molecule has 1 heterocycles. The van der Waals surface area contributed by atoms with Crippen LogP contribution < -0.4 is 4.74 Å². The van der Waals surface area contributed by atoms with Crippen molar-refractivity contribution in [2.45, 2.75) is 6.42 Å². The predicted molar refractivity (Wildman–Crippen MR) is 61.3 cm³/mol. The molecule has 0 N–H and O–H groups in total. The molecule has 1 rings (SSSR count). The Morgan fingerprint density at radius 1 is 1.69 bits per heavy atom. The summed E-state index contributed by atoms with van der Waals surface area (Å²) in [6.07, 6.45) is 5.86. The number of aromatic nitrogens is 2. The van der Waals surface area contributed by atoms with Gasteiger partial charge < -0.3 is 4.74 Å². The highest BCUT2D eigenvalue weighted by molar-refractivity contribution is 6.28. The second-order valence-electron chi connectivity index (χ2n) is 2.75. The highest BCUT2D eigenvalue weighted by Crippen LogP contribution is 2.17. The van der Waals surface area contributed by atoms with Gasteiger partial charge in [0, 0.05) is 17.7 Å². The Labute approximate surface area is 97.6 Å². The van der Waals surface area contributed by atoms with Gasteiger partial charge >= 0.3 is 0 Å². The Morgan fingerprint density at radius 2 is 2.50 bits per heavy atom.